The van der Waals surface area contributed by atoms with Gasteiger partial charge in [-0.3, -0.25) is 14.7 Å². The summed E-state index contributed by atoms with van der Waals surface area (Å²) in [6.45, 7) is 32.5. The van der Waals surface area contributed by atoms with E-state index in [1.165, 1.54) is 70.6 Å². The van der Waals surface area contributed by atoms with E-state index in [0.29, 0.717) is 69.8 Å². The van der Waals surface area contributed by atoms with E-state index in [2.05, 4.69) is 152 Å². The van der Waals surface area contributed by atoms with Crippen LogP contribution in [0.4, 0.5) is 90.9 Å². The minimum absolute atomic E-state index is 0.00258. The highest BCUT2D eigenvalue weighted by atomic mass is 31.2. The summed E-state index contributed by atoms with van der Waals surface area (Å²) in [4.78, 5) is 49.4. The Labute approximate surface area is 714 Å². The molecule has 15 rings (SSSR count). The van der Waals surface area contributed by atoms with Crippen molar-refractivity contribution in [2.45, 2.75) is 63.6 Å². The molecule has 6 aliphatic rings. The van der Waals surface area contributed by atoms with Gasteiger partial charge in [0.25, 0.3) is 0 Å². The number of piperazine rings is 3. The van der Waals surface area contributed by atoms with Gasteiger partial charge in [0.05, 0.1) is 75.0 Å². The third kappa shape index (κ3) is 23.4. The number of rotatable bonds is 25. The van der Waals surface area contributed by atoms with E-state index in [1.54, 1.807) is 99.0 Å². The van der Waals surface area contributed by atoms with Crippen molar-refractivity contribution in [1.82, 2.24) is 59.3 Å². The van der Waals surface area contributed by atoms with Crippen LogP contribution in [0.3, 0.4) is 0 Å². The van der Waals surface area contributed by atoms with Crippen LogP contribution in [0.15, 0.2) is 146 Å². The Balaban J connectivity index is 0.000000157. The van der Waals surface area contributed by atoms with Crippen molar-refractivity contribution >= 4 is 124 Å². The first kappa shape index (κ1) is 89.1. The van der Waals surface area contributed by atoms with Crippen molar-refractivity contribution in [3.8, 4) is 23.0 Å². The molecule has 0 bridgehead atoms. The third-order valence-electron chi connectivity index (χ3n) is 23.8. The molecule has 6 saturated heterocycles. The fraction of sp³-hybridized carbons (Fsp3) is 0.461. The number of likely N-dealkylation sites (N-methyl/N-ethyl adjacent to an activating group) is 3. The zero-order chi connectivity index (χ0) is 85.5. The highest BCUT2D eigenvalue weighted by Crippen LogP contribution is 2.44. The molecule has 0 radical (unpaired) electrons. The summed E-state index contributed by atoms with van der Waals surface area (Å²) in [5.41, 5.74) is 8.66. The summed E-state index contributed by atoms with van der Waals surface area (Å²) in [7, 11) is 5.64. The molecule has 648 valence electrons. The number of ether oxygens (including phenoxy) is 4. The highest BCUT2D eigenvalue weighted by molar-refractivity contribution is 7.71. The highest BCUT2D eigenvalue weighted by Gasteiger charge is 2.32. The molecule has 32 heteroatoms. The SMILES string of the molecule is COc1cc(N2CCC(N3CCN(C)CC3)CC2)ccc1Nc1ncc(C)c(Nc2ccccc2P(C)(C)=O)n1.COc1cc(N2CCC(N3CCN(C)CC3)CC2)ccc1Nc1ncc(F)c(Nc2ccccc2P(C)(C)=O)n1.COc1cc(N2CCC(N3CCN(C)CC3)CC2)ccc1Nc1ncc(OC)c(Nc2ccccc2P(C)(C)=O)n1. The molecule has 9 aromatic rings. The van der Waals surface area contributed by atoms with Crippen LogP contribution in [-0.4, -0.2) is 285 Å². The van der Waals surface area contributed by atoms with Crippen molar-refractivity contribution < 1.29 is 37.0 Å². The molecule has 6 N–H and O–H groups in total. The molecular formula is C89H123FN21O7P3. The van der Waals surface area contributed by atoms with Gasteiger partial charge in [-0.05, 0) is 179 Å². The van der Waals surface area contributed by atoms with Crippen LogP contribution in [0.1, 0.15) is 44.1 Å². The van der Waals surface area contributed by atoms with Gasteiger partial charge in [-0.15, -0.1) is 0 Å². The van der Waals surface area contributed by atoms with Crippen LogP contribution in [0.25, 0.3) is 0 Å². The molecule has 9 heterocycles. The van der Waals surface area contributed by atoms with E-state index in [9.17, 15) is 18.1 Å². The Morgan fingerprint density at radius 3 is 0.959 bits per heavy atom. The second-order valence-corrected chi connectivity index (χ2v) is 43.0. The predicted octanol–water partition coefficient (Wildman–Crippen LogP) is 13.8. The minimum atomic E-state index is -2.58. The predicted molar refractivity (Wildman–Crippen MR) is 496 cm³/mol. The molecule has 0 amide bonds. The van der Waals surface area contributed by atoms with Gasteiger partial charge in [-0.25, -0.2) is 19.3 Å². The summed E-state index contributed by atoms with van der Waals surface area (Å²) in [5.74, 6) is 4.21. The zero-order valence-electron chi connectivity index (χ0n) is 72.8. The van der Waals surface area contributed by atoms with Crippen molar-refractivity contribution in [3.63, 3.8) is 0 Å². The summed E-state index contributed by atoms with van der Waals surface area (Å²) < 4.78 is 75.8. The average molecular weight is 1710 g/mol. The molecule has 28 nitrogen and oxygen atoms in total. The Morgan fingerprint density at radius 1 is 0.339 bits per heavy atom. The Hall–Kier alpha value is -9.66. The lowest BCUT2D eigenvalue weighted by Crippen LogP contribution is -2.52. The topological polar surface area (TPSA) is 267 Å². The maximum Gasteiger partial charge on any atom is 0.229 e. The van der Waals surface area contributed by atoms with Gasteiger partial charge < -0.3 is 93.9 Å². The third-order valence-corrected chi connectivity index (χ3v) is 28.5. The minimum Gasteiger partial charge on any atom is -0.494 e. The number of benzene rings is 6. The van der Waals surface area contributed by atoms with Gasteiger partial charge in [0.15, 0.2) is 23.2 Å². The van der Waals surface area contributed by atoms with Gasteiger partial charge in [0.2, 0.25) is 17.8 Å². The number of aromatic nitrogens is 6. The zero-order valence-corrected chi connectivity index (χ0v) is 75.5. The maximum absolute atomic E-state index is 14.7. The van der Waals surface area contributed by atoms with Gasteiger partial charge in [0.1, 0.15) is 44.5 Å². The van der Waals surface area contributed by atoms with Crippen molar-refractivity contribution in [1.29, 1.82) is 0 Å². The van der Waals surface area contributed by atoms with Crippen molar-refractivity contribution in [2.75, 3.05) is 254 Å². The monoisotopic (exact) mass is 1710 g/mol. The van der Waals surface area contributed by atoms with Gasteiger partial charge >= 0.3 is 0 Å². The second kappa shape index (κ2) is 40.6. The van der Waals surface area contributed by atoms with Gasteiger partial charge in [0, 0.05) is 199 Å². The number of nitrogens with one attached hydrogen (secondary N) is 6. The molecule has 6 aliphatic heterocycles. The van der Waals surface area contributed by atoms with Crippen LogP contribution in [0.5, 0.6) is 23.0 Å². The summed E-state index contributed by atoms with van der Waals surface area (Å²) in [6.07, 6.45) is 11.5. The Morgan fingerprint density at radius 2 is 0.628 bits per heavy atom. The summed E-state index contributed by atoms with van der Waals surface area (Å²) in [5, 5.41) is 21.7. The number of para-hydroxylation sites is 3. The smallest absolute Gasteiger partial charge is 0.229 e. The standard InChI is InChI=1S/C30H42N7O3P.C30H42N7O2P.C29H39FN7O2P/c1-35-16-18-37(19-17-35)22-12-14-36(15-13-22)23-10-11-24(26(20-23)39-2)33-30-31-21-27(40-3)29(34-30)32-25-8-6-7-9-28(25)41(4,5)38;1-22-21-31-30(34-29(22)32-26-8-6-7-9-28(26)40(4,5)38)33-25-11-10-24(20-27(25)39-3)36-14-12-23(13-15-36)37-18-16-35(2)17-19-37;1-35-15-17-37(18-16-35)21-11-13-36(14-12-21)22-9-10-24(26(19-22)39-2)33-29-31-20-23(30)28(34-29)32-25-7-5-6-8-27(25)40(3,4)38/h6-11,20-22H,12-19H2,1-5H3,(H2,31,32,33,34);6-11,20-21,23H,12-19H2,1-5H3,(H2,31,32,33,34);5-10,19-21H,11-18H2,1-4H3,(H2,31,32,33,34). The molecule has 0 spiro atoms. The van der Waals surface area contributed by atoms with Crippen LogP contribution >= 0.6 is 21.4 Å². The Kier molecular flexibility index (Phi) is 29.9. The normalized spacial score (nSPS) is 17.5. The number of anilines is 15. The van der Waals surface area contributed by atoms with Gasteiger partial charge in [-0.2, -0.15) is 15.0 Å². The van der Waals surface area contributed by atoms with E-state index in [4.69, 9.17) is 23.9 Å². The number of piperidine rings is 3. The quantitative estimate of drug-likeness (QED) is 0.0290. The number of hydrogen-bond donors (Lipinski definition) is 6. The summed E-state index contributed by atoms with van der Waals surface area (Å²) in [6, 6.07) is 42.9. The van der Waals surface area contributed by atoms with Crippen molar-refractivity contribution in [2.24, 2.45) is 0 Å². The molecule has 0 saturated carbocycles. The van der Waals surface area contributed by atoms with Gasteiger partial charge in [-0.1, -0.05) is 36.4 Å². The van der Waals surface area contributed by atoms with Crippen LogP contribution in [0, 0.1) is 12.7 Å². The number of halogens is 1. The van der Waals surface area contributed by atoms with Crippen molar-refractivity contribution in [3.05, 3.63) is 157 Å². The first-order valence-electron chi connectivity index (χ1n) is 42.1. The molecule has 0 atom stereocenters. The molecule has 6 aromatic carbocycles. The largest absolute Gasteiger partial charge is 0.494 e. The van der Waals surface area contributed by atoms with E-state index < -0.39 is 27.2 Å². The first-order valence-corrected chi connectivity index (χ1v) is 49.9. The fourth-order valence-corrected chi connectivity index (χ4v) is 20.1. The average Bonchev–Trinajstić information content (AvgIpc) is 0.813. The van der Waals surface area contributed by atoms with E-state index in [1.807, 2.05) is 85.8 Å². The number of nitrogens with zero attached hydrogens (tertiary/aromatic N) is 15. The molecule has 0 unspecified atom stereocenters. The van der Waals surface area contributed by atoms with E-state index in [-0.39, 0.29) is 11.8 Å². The molecule has 0 aliphatic carbocycles. The second-order valence-electron chi connectivity index (χ2n) is 33.4. The number of methoxy groups -OCH3 is 4. The van der Waals surface area contributed by atoms with Crippen LogP contribution in [-0.2, 0) is 13.7 Å². The molecular weight excluding hydrogens is 1590 g/mol. The molecule has 3 aromatic heterocycles. The lowest BCUT2D eigenvalue weighted by molar-refractivity contribution is 0.0982. The first-order chi connectivity index (χ1) is 58.2. The van der Waals surface area contributed by atoms with Crippen LogP contribution < -0.4 is 81.5 Å². The van der Waals surface area contributed by atoms with E-state index >= 15 is 0 Å². The lowest BCUT2D eigenvalue weighted by Gasteiger charge is -2.42. The van der Waals surface area contributed by atoms with Crippen LogP contribution in [0.2, 0.25) is 0 Å². The lowest BCUT2D eigenvalue weighted by atomic mass is 10.0. The fourth-order valence-electron chi connectivity index (χ4n) is 16.7. The van der Waals surface area contributed by atoms with E-state index in [0.717, 1.165) is 159 Å². The molecule has 121 heavy (non-hydrogen) atoms. The Bertz CT molecular complexity index is 4900. The number of hydrogen-bond acceptors (Lipinski definition) is 28. The molecule has 6 fully saturated rings. The summed E-state index contributed by atoms with van der Waals surface area (Å²) >= 11 is 0. The maximum atomic E-state index is 14.7. The number of aryl methyl sites for hydroxylation is 1.